The van der Waals surface area contributed by atoms with Gasteiger partial charge < -0.3 is 10.1 Å². The van der Waals surface area contributed by atoms with E-state index in [1.165, 1.54) is 0 Å². The van der Waals surface area contributed by atoms with E-state index in [2.05, 4.69) is 60.1 Å². The Balaban J connectivity index is 1.76. The van der Waals surface area contributed by atoms with Crippen molar-refractivity contribution in [1.82, 2.24) is 35.2 Å². The van der Waals surface area contributed by atoms with Crippen LogP contribution in [0.4, 0.5) is 5.69 Å². The third-order valence-electron chi connectivity index (χ3n) is 5.11. The van der Waals surface area contributed by atoms with Gasteiger partial charge in [-0.05, 0) is 76.5 Å². The topological polar surface area (TPSA) is 95.6 Å². The Kier molecular flexibility index (Phi) is 6.69. The van der Waals surface area contributed by atoms with Crippen LogP contribution in [0.2, 0.25) is 0 Å². The van der Waals surface area contributed by atoms with Crippen LogP contribution in [-0.2, 0) is 13.6 Å². The highest BCUT2D eigenvalue weighted by molar-refractivity contribution is 9.10. The van der Waals surface area contributed by atoms with Crippen LogP contribution in [0.15, 0.2) is 40.9 Å². The average Bonchev–Trinajstić information content (AvgIpc) is 3.39. The number of unbranched alkanes of at least 4 members (excludes halogenated alkanes) is 1. The summed E-state index contributed by atoms with van der Waals surface area (Å²) < 4.78 is 10.5. The molecule has 1 unspecified atom stereocenters. The lowest BCUT2D eigenvalue weighted by molar-refractivity contribution is 0.241. The minimum absolute atomic E-state index is 0.0680. The molecule has 0 amide bonds. The number of ether oxygens (including phenoxy) is 1. The highest BCUT2D eigenvalue weighted by Gasteiger charge is 2.23. The van der Waals surface area contributed by atoms with Crippen LogP contribution >= 0.6 is 15.9 Å². The molecule has 0 saturated heterocycles. The van der Waals surface area contributed by atoms with E-state index in [-0.39, 0.29) is 12.1 Å². The smallest absolute Gasteiger partial charge is 0.178 e. The van der Waals surface area contributed by atoms with E-state index >= 15 is 0 Å². The summed E-state index contributed by atoms with van der Waals surface area (Å²) in [6.45, 7) is 6.93. The molecule has 0 aliphatic carbocycles. The fourth-order valence-electron chi connectivity index (χ4n) is 3.51. The Labute approximate surface area is 195 Å². The van der Waals surface area contributed by atoms with Crippen molar-refractivity contribution in [3.63, 3.8) is 0 Å². The number of hydrogen-bond acceptors (Lipinski definition) is 7. The summed E-state index contributed by atoms with van der Waals surface area (Å²) >= 11 is 3.57. The predicted octanol–water partition coefficient (Wildman–Crippen LogP) is 4.51. The Morgan fingerprint density at radius 3 is 2.72 bits per heavy atom. The molecule has 0 saturated carbocycles. The maximum atomic E-state index is 5.95. The van der Waals surface area contributed by atoms with E-state index < -0.39 is 0 Å². The normalized spacial score (nSPS) is 12.4. The molecular weight excluding hydrogens is 472 g/mol. The van der Waals surface area contributed by atoms with Crippen molar-refractivity contribution >= 4 is 32.7 Å². The first-order valence-corrected chi connectivity index (χ1v) is 11.5. The molecule has 2 aromatic carbocycles. The van der Waals surface area contributed by atoms with Crippen molar-refractivity contribution in [2.45, 2.75) is 52.3 Å². The van der Waals surface area contributed by atoms with Gasteiger partial charge >= 0.3 is 0 Å². The van der Waals surface area contributed by atoms with Crippen molar-refractivity contribution in [3.8, 4) is 5.75 Å². The molecule has 32 heavy (non-hydrogen) atoms. The van der Waals surface area contributed by atoms with Crippen LogP contribution in [0.3, 0.4) is 0 Å². The van der Waals surface area contributed by atoms with E-state index in [1.54, 1.807) is 4.68 Å². The first-order chi connectivity index (χ1) is 15.5. The SMILES string of the molecule is CCCCn1nnnc1C(Nc1ccc(Br)c(OC(C)C)c1)c1ccc2nnn(C)c2c1. The molecule has 2 aromatic heterocycles. The van der Waals surface area contributed by atoms with E-state index in [1.807, 2.05) is 55.9 Å². The number of fused-ring (bicyclic) bond motifs is 1. The zero-order chi connectivity index (χ0) is 22.7. The zero-order valence-corrected chi connectivity index (χ0v) is 20.2. The summed E-state index contributed by atoms with van der Waals surface area (Å²) in [5.41, 5.74) is 3.71. The molecular formula is C22H27BrN8O. The number of nitrogens with zero attached hydrogens (tertiary/aromatic N) is 7. The summed E-state index contributed by atoms with van der Waals surface area (Å²) in [6.07, 6.45) is 2.13. The molecule has 1 atom stereocenters. The van der Waals surface area contributed by atoms with Crippen LogP contribution in [0.25, 0.3) is 11.0 Å². The van der Waals surface area contributed by atoms with Gasteiger partial charge in [0.15, 0.2) is 5.82 Å². The third kappa shape index (κ3) is 4.74. The second-order valence-corrected chi connectivity index (χ2v) is 8.82. The highest BCUT2D eigenvalue weighted by Crippen LogP contribution is 2.33. The summed E-state index contributed by atoms with van der Waals surface area (Å²) in [6, 6.07) is 11.8. The van der Waals surface area contributed by atoms with Gasteiger partial charge in [-0.1, -0.05) is 24.6 Å². The molecule has 1 N–H and O–H groups in total. The molecule has 10 heteroatoms. The lowest BCUT2D eigenvalue weighted by Crippen LogP contribution is -2.19. The second kappa shape index (κ2) is 9.64. The Hall–Kier alpha value is -3.01. The van der Waals surface area contributed by atoms with Crippen LogP contribution in [0.1, 0.15) is 51.0 Å². The highest BCUT2D eigenvalue weighted by atomic mass is 79.9. The molecule has 0 aliphatic heterocycles. The van der Waals surface area contributed by atoms with E-state index in [4.69, 9.17) is 4.74 Å². The monoisotopic (exact) mass is 498 g/mol. The number of benzene rings is 2. The van der Waals surface area contributed by atoms with Gasteiger partial charge in [0, 0.05) is 25.3 Å². The fourth-order valence-corrected chi connectivity index (χ4v) is 3.85. The van der Waals surface area contributed by atoms with Crippen molar-refractivity contribution in [2.24, 2.45) is 7.05 Å². The van der Waals surface area contributed by atoms with Gasteiger partial charge in [-0.2, -0.15) is 0 Å². The number of rotatable bonds is 9. The quantitative estimate of drug-likeness (QED) is 0.362. The average molecular weight is 499 g/mol. The molecule has 2 heterocycles. The van der Waals surface area contributed by atoms with Crippen molar-refractivity contribution in [2.75, 3.05) is 5.32 Å². The molecule has 168 valence electrons. The number of nitrogens with one attached hydrogen (secondary N) is 1. The lowest BCUT2D eigenvalue weighted by atomic mass is 10.0. The number of aromatic nitrogens is 7. The maximum absolute atomic E-state index is 5.95. The Morgan fingerprint density at radius 2 is 1.94 bits per heavy atom. The minimum Gasteiger partial charge on any atom is -0.490 e. The van der Waals surface area contributed by atoms with E-state index in [9.17, 15) is 0 Å². The fraction of sp³-hybridized carbons (Fsp3) is 0.409. The largest absolute Gasteiger partial charge is 0.490 e. The standard InChI is InChI=1S/C22H27BrN8O/c1-5-6-11-31-22(26-27-29-31)21(15-7-10-18-19(12-15)30(4)28-25-18)24-16-8-9-17(23)20(13-16)32-14(2)3/h7-10,12-14,21,24H,5-6,11H2,1-4H3. The van der Waals surface area contributed by atoms with Crippen LogP contribution < -0.4 is 10.1 Å². The van der Waals surface area contributed by atoms with Gasteiger partial charge in [-0.25, -0.2) is 9.36 Å². The van der Waals surface area contributed by atoms with Gasteiger partial charge in [0.2, 0.25) is 0 Å². The molecule has 9 nitrogen and oxygen atoms in total. The van der Waals surface area contributed by atoms with Gasteiger partial charge in [-0.3, -0.25) is 0 Å². The first-order valence-electron chi connectivity index (χ1n) is 10.7. The van der Waals surface area contributed by atoms with Crippen LogP contribution in [0, 0.1) is 0 Å². The number of anilines is 1. The summed E-state index contributed by atoms with van der Waals surface area (Å²) in [4.78, 5) is 0. The van der Waals surface area contributed by atoms with E-state index in [0.29, 0.717) is 0 Å². The molecule has 4 aromatic rings. The van der Waals surface area contributed by atoms with Crippen molar-refractivity contribution in [3.05, 3.63) is 52.3 Å². The third-order valence-corrected chi connectivity index (χ3v) is 5.77. The predicted molar refractivity (Wildman–Crippen MR) is 127 cm³/mol. The lowest BCUT2D eigenvalue weighted by Gasteiger charge is -2.21. The van der Waals surface area contributed by atoms with Crippen LogP contribution in [-0.4, -0.2) is 41.3 Å². The molecule has 0 aliphatic rings. The summed E-state index contributed by atoms with van der Waals surface area (Å²) in [5, 5.41) is 24.5. The van der Waals surface area contributed by atoms with Crippen LogP contribution in [0.5, 0.6) is 5.75 Å². The molecule has 4 rings (SSSR count). The van der Waals surface area contributed by atoms with Gasteiger partial charge in [-0.15, -0.1) is 10.2 Å². The molecule has 0 bridgehead atoms. The zero-order valence-electron chi connectivity index (χ0n) is 18.7. The maximum Gasteiger partial charge on any atom is 0.178 e. The van der Waals surface area contributed by atoms with Gasteiger partial charge in [0.05, 0.1) is 16.1 Å². The Morgan fingerprint density at radius 1 is 1.09 bits per heavy atom. The molecule has 0 radical (unpaired) electrons. The first kappa shape index (κ1) is 22.2. The number of hydrogen-bond donors (Lipinski definition) is 1. The Bertz CT molecular complexity index is 1200. The molecule has 0 fully saturated rings. The summed E-state index contributed by atoms with van der Waals surface area (Å²) in [7, 11) is 1.89. The van der Waals surface area contributed by atoms with Gasteiger partial charge in [0.25, 0.3) is 0 Å². The van der Waals surface area contributed by atoms with Crippen molar-refractivity contribution in [1.29, 1.82) is 0 Å². The second-order valence-electron chi connectivity index (χ2n) is 7.96. The van der Waals surface area contributed by atoms with E-state index in [0.717, 1.165) is 57.7 Å². The number of aryl methyl sites for hydroxylation is 2. The van der Waals surface area contributed by atoms with Crippen molar-refractivity contribution < 1.29 is 4.74 Å². The number of halogens is 1. The molecule has 0 spiro atoms. The minimum atomic E-state index is -0.269. The summed E-state index contributed by atoms with van der Waals surface area (Å²) in [5.74, 6) is 1.53. The van der Waals surface area contributed by atoms with Gasteiger partial charge in [0.1, 0.15) is 17.3 Å². The number of tetrazole rings is 1.